The highest BCUT2D eigenvalue weighted by Crippen LogP contribution is 2.65. The molecule has 10 heteroatoms. The predicted octanol–water partition coefficient (Wildman–Crippen LogP) is 25.0. The van der Waals surface area contributed by atoms with Gasteiger partial charge in [-0.15, -0.1) is 0 Å². The fraction of sp³-hybridized carbons (Fsp3) is 0.0194. The quantitative estimate of drug-likeness (QED) is 0.131. The number of nitrogens with zero attached hydrogens (tertiary/aromatic N) is 7. The molecule has 4 aromatic heterocycles. The normalized spacial score (nSPS) is 13.2. The van der Waals surface area contributed by atoms with Crippen molar-refractivity contribution in [1.29, 1.82) is 0 Å². The minimum absolute atomic E-state index is 0.478. The lowest BCUT2D eigenvalue weighted by Crippen LogP contribution is -2.32. The summed E-state index contributed by atoms with van der Waals surface area (Å²) in [4.78, 5) is 35.5. The van der Waals surface area contributed by atoms with Crippen LogP contribution in [0.4, 0.5) is 0 Å². The minimum atomic E-state index is -0.678. The van der Waals surface area contributed by atoms with Crippen LogP contribution in [0.15, 0.2) is 375 Å². The zero-order valence-corrected chi connectivity index (χ0v) is 60.6. The molecule has 23 rings (SSSR count). The number of benzene rings is 15. The van der Waals surface area contributed by atoms with E-state index in [1.807, 2.05) is 66.7 Å². The molecule has 2 spiro atoms. The van der Waals surface area contributed by atoms with Gasteiger partial charge >= 0.3 is 0 Å². The number of aromatic nitrogens is 7. The largest absolute Gasteiger partial charge is 0.457 e. The van der Waals surface area contributed by atoms with Crippen molar-refractivity contribution in [1.82, 2.24) is 34.9 Å². The van der Waals surface area contributed by atoms with Crippen LogP contribution in [0.1, 0.15) is 44.5 Å². The van der Waals surface area contributed by atoms with Crippen molar-refractivity contribution in [3.8, 4) is 158 Å². The standard InChI is InChI=1S/C103H61N7O3/c1-2-19-66(20-3-1)96-105-97(107-98(106-96)70-50-42-65(43-51-70)74-26-18-27-80-79-25-8-14-34-90(79)113-95(74)80)67-44-36-63(37-45-67)72-53-56-87-93(60-72)112-94-61-73(54-57-88(94)103(87)83-30-11-6-23-77(83)78-24-7-12-31-84(78)103)64-40-48-69(49-41-64)100-108-99(109-101(110-100)89-33-16-17-58-104-89)68-46-38-62(39-47-68)71-52-55-86-92(59-71)111-91-35-15-13-32-85(91)102(86)81-28-9-4-21-75(81)76-22-5-10-29-82(76)102/h1-61H. The molecule has 0 saturated carbocycles. The Balaban J connectivity index is 0.564. The number of rotatable bonds is 10. The SMILES string of the molecule is c1ccc(-c2nc(-c3ccc(-c4ccc5c(c4)Oc4cc(-c6ccc(-c7nc(-c8ccc(-c9ccc%10c(c9)Oc9ccccc9C%109c%10ccccc%10-c%10ccccc%109)cc8)nc(-c8ccccn8)n7)cc6)ccc4C54c5ccccc5-c5ccccc54)cc3)nc(-c3ccc(-c4cccc5c4oc4ccccc45)cc3)n2)cc1. The Morgan fingerprint density at radius 1 is 0.204 bits per heavy atom. The maximum atomic E-state index is 7.32. The number of para-hydroxylation sites is 3. The average molecular weight is 1440 g/mol. The van der Waals surface area contributed by atoms with Crippen molar-refractivity contribution >= 4 is 21.9 Å². The fourth-order valence-corrected chi connectivity index (χ4v) is 18.1. The molecular weight excluding hydrogens is 1380 g/mol. The minimum Gasteiger partial charge on any atom is -0.457 e. The molecular formula is C103H61N7O3. The van der Waals surface area contributed by atoms with Crippen LogP contribution in [0.25, 0.3) is 157 Å². The van der Waals surface area contributed by atoms with Gasteiger partial charge in [0.2, 0.25) is 0 Å². The Kier molecular flexibility index (Phi) is 14.3. The summed E-state index contributed by atoms with van der Waals surface area (Å²) in [5.41, 5.74) is 27.9. The Morgan fingerprint density at radius 2 is 0.531 bits per heavy atom. The molecule has 0 amide bonds. The summed E-state index contributed by atoms with van der Waals surface area (Å²) in [6.07, 6.45) is 1.77. The molecule has 0 unspecified atom stereocenters. The van der Waals surface area contributed by atoms with Gasteiger partial charge in [0.1, 0.15) is 39.9 Å². The van der Waals surface area contributed by atoms with Crippen LogP contribution in [-0.2, 0) is 10.8 Å². The summed E-state index contributed by atoms with van der Waals surface area (Å²) in [6.45, 7) is 0. The van der Waals surface area contributed by atoms with E-state index in [4.69, 9.17) is 48.8 Å². The van der Waals surface area contributed by atoms with E-state index in [2.05, 4.69) is 297 Å². The molecule has 526 valence electrons. The zero-order chi connectivity index (χ0) is 74.3. The molecule has 2 aliphatic carbocycles. The lowest BCUT2D eigenvalue weighted by Gasteiger charge is -2.39. The van der Waals surface area contributed by atoms with E-state index in [1.165, 1.54) is 44.5 Å². The predicted molar refractivity (Wildman–Crippen MR) is 447 cm³/mol. The monoisotopic (exact) mass is 1440 g/mol. The topological polar surface area (TPSA) is 122 Å². The highest BCUT2D eigenvalue weighted by molar-refractivity contribution is 6.09. The average Bonchev–Trinajstić information content (AvgIpc) is 1.55. The number of hydrogen-bond donors (Lipinski definition) is 0. The van der Waals surface area contributed by atoms with Crippen molar-refractivity contribution in [2.75, 3.05) is 0 Å². The molecule has 10 nitrogen and oxygen atoms in total. The molecule has 0 bridgehead atoms. The van der Waals surface area contributed by atoms with Gasteiger partial charge in [-0.3, -0.25) is 4.98 Å². The first-order valence-corrected chi connectivity index (χ1v) is 38.0. The van der Waals surface area contributed by atoms with Gasteiger partial charge in [0.25, 0.3) is 0 Å². The smallest absolute Gasteiger partial charge is 0.182 e. The van der Waals surface area contributed by atoms with Gasteiger partial charge in [0, 0.05) is 72.6 Å². The van der Waals surface area contributed by atoms with E-state index >= 15 is 0 Å². The van der Waals surface area contributed by atoms with Crippen LogP contribution >= 0.6 is 0 Å². The van der Waals surface area contributed by atoms with Crippen LogP contribution in [0.3, 0.4) is 0 Å². The summed E-state index contributed by atoms with van der Waals surface area (Å²) in [5, 5.41) is 2.19. The Labute approximate surface area is 650 Å². The van der Waals surface area contributed by atoms with Gasteiger partial charge in [-0.25, -0.2) is 29.9 Å². The van der Waals surface area contributed by atoms with Crippen molar-refractivity contribution < 1.29 is 13.9 Å². The molecule has 0 atom stereocenters. The molecule has 0 N–H and O–H groups in total. The van der Waals surface area contributed by atoms with E-state index in [1.54, 1.807) is 6.20 Å². The van der Waals surface area contributed by atoms with E-state index in [0.717, 1.165) is 140 Å². The van der Waals surface area contributed by atoms with Crippen molar-refractivity contribution in [2.24, 2.45) is 0 Å². The molecule has 0 fully saturated rings. The van der Waals surface area contributed by atoms with Crippen LogP contribution in [0.5, 0.6) is 23.0 Å². The molecule has 6 heterocycles. The summed E-state index contributed by atoms with van der Waals surface area (Å²) >= 11 is 0. The lowest BCUT2D eigenvalue weighted by atomic mass is 9.65. The second-order valence-corrected chi connectivity index (χ2v) is 29.3. The van der Waals surface area contributed by atoms with Gasteiger partial charge in [-0.05, 0) is 126 Å². The molecule has 19 aromatic rings. The molecule has 0 radical (unpaired) electrons. The number of fused-ring (bicyclic) bond motifs is 21. The molecule has 113 heavy (non-hydrogen) atoms. The lowest BCUT2D eigenvalue weighted by molar-refractivity contribution is 0.436. The Morgan fingerprint density at radius 3 is 0.982 bits per heavy atom. The maximum absolute atomic E-state index is 7.32. The number of furan rings is 1. The van der Waals surface area contributed by atoms with Gasteiger partial charge < -0.3 is 13.9 Å². The first kappa shape index (κ1) is 63.9. The second kappa shape index (κ2) is 25.2. The molecule has 15 aromatic carbocycles. The fourth-order valence-electron chi connectivity index (χ4n) is 18.1. The van der Waals surface area contributed by atoms with Crippen LogP contribution < -0.4 is 9.47 Å². The number of hydrogen-bond acceptors (Lipinski definition) is 10. The van der Waals surface area contributed by atoms with Crippen molar-refractivity contribution in [3.63, 3.8) is 0 Å². The van der Waals surface area contributed by atoms with E-state index < -0.39 is 10.8 Å². The number of ether oxygens (including phenoxy) is 2. The molecule has 4 aliphatic rings. The van der Waals surface area contributed by atoms with Gasteiger partial charge in [-0.2, -0.15) is 0 Å². The van der Waals surface area contributed by atoms with E-state index in [-0.39, 0.29) is 0 Å². The Hall–Kier alpha value is -15.1. The summed E-state index contributed by atoms with van der Waals surface area (Å²) < 4.78 is 20.6. The van der Waals surface area contributed by atoms with Gasteiger partial charge in [0.05, 0.1) is 10.8 Å². The third-order valence-corrected chi connectivity index (χ3v) is 23.3. The van der Waals surface area contributed by atoms with Crippen LogP contribution in [0.2, 0.25) is 0 Å². The molecule has 2 aliphatic heterocycles. The van der Waals surface area contributed by atoms with Gasteiger partial charge in [-0.1, -0.05) is 322 Å². The highest BCUT2D eigenvalue weighted by atomic mass is 16.5. The second-order valence-electron chi connectivity index (χ2n) is 29.3. The van der Waals surface area contributed by atoms with Crippen LogP contribution in [-0.4, -0.2) is 34.9 Å². The maximum Gasteiger partial charge on any atom is 0.182 e. The zero-order valence-electron chi connectivity index (χ0n) is 60.6. The molecule has 0 saturated heterocycles. The number of pyridine rings is 1. The first-order chi connectivity index (χ1) is 55.9. The first-order valence-electron chi connectivity index (χ1n) is 38.0. The van der Waals surface area contributed by atoms with E-state index in [9.17, 15) is 0 Å². The van der Waals surface area contributed by atoms with Gasteiger partial charge in [0.15, 0.2) is 34.9 Å². The summed E-state index contributed by atoms with van der Waals surface area (Å²) in [6, 6.07) is 128. The van der Waals surface area contributed by atoms with Crippen molar-refractivity contribution in [2.45, 2.75) is 10.8 Å². The summed E-state index contributed by atoms with van der Waals surface area (Å²) in [5.74, 6) is 6.54. The highest BCUT2D eigenvalue weighted by Gasteiger charge is 2.53. The van der Waals surface area contributed by atoms with E-state index in [0.29, 0.717) is 40.6 Å². The third kappa shape index (κ3) is 9.96. The van der Waals surface area contributed by atoms with Crippen LogP contribution in [0, 0.1) is 0 Å². The van der Waals surface area contributed by atoms with Crippen molar-refractivity contribution in [3.05, 3.63) is 415 Å². The third-order valence-electron chi connectivity index (χ3n) is 23.3. The summed E-state index contributed by atoms with van der Waals surface area (Å²) in [7, 11) is 0. The Bertz CT molecular complexity index is 7010.